The van der Waals surface area contributed by atoms with Crippen molar-refractivity contribution >= 4 is 65.2 Å². The molecule has 0 unspecified atom stereocenters. The Morgan fingerprint density at radius 3 is 1.58 bits per heavy atom. The third-order valence-electron chi connectivity index (χ3n) is 6.86. The van der Waals surface area contributed by atoms with Crippen molar-refractivity contribution in [3.8, 4) is 5.75 Å². The van der Waals surface area contributed by atoms with Gasteiger partial charge in [0.25, 0.3) is 0 Å². The van der Waals surface area contributed by atoms with E-state index >= 15 is 0 Å². The average Bonchev–Trinajstić information content (AvgIpc) is 2.92. The minimum atomic E-state index is -0.351. The Bertz CT molecular complexity index is 2330. The van der Waals surface area contributed by atoms with E-state index in [1.165, 1.54) is 7.11 Å². The van der Waals surface area contributed by atoms with Crippen LogP contribution in [0.25, 0.3) is 65.2 Å². The zero-order valence-electron chi connectivity index (χ0n) is 18.8. The lowest BCUT2D eigenvalue weighted by Crippen LogP contribution is -2.15. The predicted octanol–water partition coefficient (Wildman–Crippen LogP) is 3.72. The lowest BCUT2D eigenvalue weighted by atomic mass is 9.99. The summed E-state index contributed by atoms with van der Waals surface area (Å²) < 4.78 is 5.33. The Kier molecular flexibility index (Phi) is 3.95. The van der Waals surface area contributed by atoms with Crippen LogP contribution in [0, 0.1) is 0 Å². The van der Waals surface area contributed by atoms with E-state index < -0.39 is 0 Å². The Hall–Kier alpha value is -5.04. The van der Waals surface area contributed by atoms with Crippen molar-refractivity contribution in [3.63, 3.8) is 0 Å². The van der Waals surface area contributed by atoms with Gasteiger partial charge in [0.2, 0.25) is 0 Å². The quantitative estimate of drug-likeness (QED) is 0.266. The van der Waals surface area contributed by atoms with Crippen LogP contribution in [-0.2, 0) is 0 Å². The SMILES string of the molecule is COc1cccc2c(=O)c3c(ccc4nc5c(ccc6c(=O)c7ccccc7c(=O)c65)nc43)c(=O)c12. The highest BCUT2D eigenvalue weighted by Crippen LogP contribution is 2.28. The lowest BCUT2D eigenvalue weighted by molar-refractivity contribution is 0.419. The van der Waals surface area contributed by atoms with Crippen LogP contribution in [0.2, 0.25) is 0 Å². The molecule has 0 spiro atoms. The number of rotatable bonds is 1. The molecule has 0 N–H and O–H groups in total. The van der Waals surface area contributed by atoms with Crippen molar-refractivity contribution in [1.29, 1.82) is 0 Å². The Labute approximate surface area is 200 Å². The molecule has 0 aliphatic rings. The molecule has 1 aromatic heterocycles. The van der Waals surface area contributed by atoms with E-state index in [-0.39, 0.29) is 65.1 Å². The summed E-state index contributed by atoms with van der Waals surface area (Å²) in [4.78, 5) is 62.8. The summed E-state index contributed by atoms with van der Waals surface area (Å²) >= 11 is 0. The predicted molar refractivity (Wildman–Crippen MR) is 141 cm³/mol. The van der Waals surface area contributed by atoms with E-state index in [1.807, 2.05) is 0 Å². The van der Waals surface area contributed by atoms with E-state index in [9.17, 15) is 19.2 Å². The van der Waals surface area contributed by atoms with E-state index in [2.05, 4.69) is 9.97 Å². The van der Waals surface area contributed by atoms with Crippen LogP contribution < -0.4 is 26.5 Å². The smallest absolute Gasteiger partial charge is 0.198 e. The molecule has 6 aromatic carbocycles. The van der Waals surface area contributed by atoms with Crippen LogP contribution in [0.3, 0.4) is 0 Å². The van der Waals surface area contributed by atoms with Gasteiger partial charge < -0.3 is 4.74 Å². The Morgan fingerprint density at radius 1 is 0.500 bits per heavy atom. The molecule has 0 radical (unpaired) electrons. The molecule has 1 heterocycles. The van der Waals surface area contributed by atoms with Crippen LogP contribution in [0.15, 0.2) is 85.9 Å². The minimum absolute atomic E-state index is 0.165. The van der Waals surface area contributed by atoms with Crippen molar-refractivity contribution in [2.24, 2.45) is 0 Å². The van der Waals surface area contributed by atoms with Gasteiger partial charge in [0, 0.05) is 26.9 Å². The van der Waals surface area contributed by atoms with Crippen LogP contribution in [-0.4, -0.2) is 17.1 Å². The first-order valence-corrected chi connectivity index (χ1v) is 11.2. The zero-order valence-corrected chi connectivity index (χ0v) is 18.8. The second-order valence-electron chi connectivity index (χ2n) is 8.68. The molecule has 170 valence electrons. The molecule has 0 fully saturated rings. The molecule has 0 amide bonds. The molecule has 7 rings (SSSR count). The number of ether oxygens (including phenoxy) is 1. The van der Waals surface area contributed by atoms with Gasteiger partial charge in [-0.25, -0.2) is 9.97 Å². The van der Waals surface area contributed by atoms with Gasteiger partial charge in [0.05, 0.1) is 34.3 Å². The summed E-state index contributed by atoms with van der Waals surface area (Å²) in [6.07, 6.45) is 0. The van der Waals surface area contributed by atoms with E-state index in [0.29, 0.717) is 27.6 Å². The fourth-order valence-corrected chi connectivity index (χ4v) is 5.20. The molecule has 36 heavy (non-hydrogen) atoms. The first-order valence-electron chi connectivity index (χ1n) is 11.2. The largest absolute Gasteiger partial charge is 0.496 e. The maximum atomic E-state index is 13.6. The molecule has 0 aliphatic heterocycles. The van der Waals surface area contributed by atoms with Gasteiger partial charge >= 0.3 is 0 Å². The fraction of sp³-hybridized carbons (Fsp3) is 0.0345. The maximum absolute atomic E-state index is 13.6. The van der Waals surface area contributed by atoms with Gasteiger partial charge in [-0.3, -0.25) is 19.2 Å². The van der Waals surface area contributed by atoms with Crippen molar-refractivity contribution in [2.45, 2.75) is 0 Å². The molecular formula is C29H14N2O5. The first kappa shape index (κ1) is 20.3. The number of benzene rings is 6. The summed E-state index contributed by atoms with van der Waals surface area (Å²) in [6, 6.07) is 17.9. The molecular weight excluding hydrogens is 456 g/mol. The number of hydrogen-bond acceptors (Lipinski definition) is 7. The Balaban J connectivity index is 1.70. The van der Waals surface area contributed by atoms with Gasteiger partial charge in [0.1, 0.15) is 16.8 Å². The van der Waals surface area contributed by atoms with Gasteiger partial charge in [-0.1, -0.05) is 36.4 Å². The van der Waals surface area contributed by atoms with Crippen LogP contribution in [0.4, 0.5) is 0 Å². The van der Waals surface area contributed by atoms with E-state index in [4.69, 9.17) is 4.74 Å². The lowest BCUT2D eigenvalue weighted by Gasteiger charge is -2.09. The Morgan fingerprint density at radius 2 is 0.972 bits per heavy atom. The van der Waals surface area contributed by atoms with Crippen LogP contribution >= 0.6 is 0 Å². The molecule has 7 heteroatoms. The van der Waals surface area contributed by atoms with Crippen molar-refractivity contribution in [1.82, 2.24) is 9.97 Å². The zero-order chi connectivity index (χ0) is 24.7. The maximum Gasteiger partial charge on any atom is 0.198 e. The number of methoxy groups -OCH3 is 1. The van der Waals surface area contributed by atoms with Gasteiger partial charge in [0.15, 0.2) is 21.7 Å². The summed E-state index contributed by atoms with van der Waals surface area (Å²) in [5, 5.41) is 1.99. The monoisotopic (exact) mass is 470 g/mol. The minimum Gasteiger partial charge on any atom is -0.496 e. The van der Waals surface area contributed by atoms with Crippen molar-refractivity contribution in [2.75, 3.05) is 7.11 Å². The van der Waals surface area contributed by atoms with Gasteiger partial charge in [-0.05, 0) is 30.3 Å². The van der Waals surface area contributed by atoms with Crippen LogP contribution in [0.1, 0.15) is 0 Å². The molecule has 0 aliphatic carbocycles. The van der Waals surface area contributed by atoms with Crippen molar-refractivity contribution < 1.29 is 4.74 Å². The standard InChI is InChI=1S/C29H14N2O5/c1-36-20-8-4-7-15-21(20)28(34)17-10-12-19-25(23(17)29(15)35)31-18-11-9-16-22(24(18)30-19)27(33)14-6-3-2-5-13(14)26(16)32/h2-12H,1H3. The topological polar surface area (TPSA) is 103 Å². The third kappa shape index (κ3) is 2.46. The number of fused-ring (bicyclic) bond motifs is 8. The number of aromatic nitrogens is 2. The summed E-state index contributed by atoms with van der Waals surface area (Å²) in [6.45, 7) is 0. The summed E-state index contributed by atoms with van der Waals surface area (Å²) in [5.41, 5.74) is 0.0179. The second kappa shape index (κ2) is 6.99. The first-order chi connectivity index (χ1) is 17.5. The van der Waals surface area contributed by atoms with Gasteiger partial charge in [-0.2, -0.15) is 0 Å². The number of nitrogens with zero attached hydrogens (tertiary/aromatic N) is 2. The number of hydrogen-bond donors (Lipinski definition) is 0. The van der Waals surface area contributed by atoms with E-state index in [0.717, 1.165) is 0 Å². The van der Waals surface area contributed by atoms with Gasteiger partial charge in [-0.15, -0.1) is 0 Å². The highest BCUT2D eigenvalue weighted by molar-refractivity contribution is 6.14. The molecule has 7 aromatic rings. The van der Waals surface area contributed by atoms with Crippen LogP contribution in [0.5, 0.6) is 5.75 Å². The van der Waals surface area contributed by atoms with Crippen molar-refractivity contribution in [3.05, 3.63) is 108 Å². The average molecular weight is 470 g/mol. The molecule has 0 saturated carbocycles. The third-order valence-corrected chi connectivity index (χ3v) is 6.86. The highest BCUT2D eigenvalue weighted by atomic mass is 16.5. The molecule has 0 bridgehead atoms. The highest BCUT2D eigenvalue weighted by Gasteiger charge is 2.19. The summed E-state index contributed by atoms with van der Waals surface area (Å²) in [7, 11) is 1.45. The molecule has 7 nitrogen and oxygen atoms in total. The molecule has 0 saturated heterocycles. The normalized spacial score (nSPS) is 11.9. The van der Waals surface area contributed by atoms with E-state index in [1.54, 1.807) is 66.7 Å². The second-order valence-corrected chi connectivity index (χ2v) is 8.68. The fourth-order valence-electron chi connectivity index (χ4n) is 5.20. The summed E-state index contributed by atoms with van der Waals surface area (Å²) in [5.74, 6) is 0.330. The molecule has 0 atom stereocenters.